The van der Waals surface area contributed by atoms with Gasteiger partial charge in [0.05, 0.1) is 12.6 Å². The van der Waals surface area contributed by atoms with Crippen LogP contribution in [0.5, 0.6) is 0 Å². The van der Waals surface area contributed by atoms with Crippen LogP contribution < -0.4 is 10.8 Å². The van der Waals surface area contributed by atoms with E-state index in [0.717, 1.165) is 26.2 Å². The lowest BCUT2D eigenvalue weighted by Gasteiger charge is -2.29. The fourth-order valence-electron chi connectivity index (χ4n) is 3.40. The number of nitrogens with one attached hydrogen (secondary N) is 2. The Morgan fingerprint density at radius 3 is 2.73 bits per heavy atom. The largest absolute Gasteiger partial charge is 0.418 e. The molecule has 13 heteroatoms. The van der Waals surface area contributed by atoms with Crippen LogP contribution in [0.2, 0.25) is 0 Å². The second-order valence-electron chi connectivity index (χ2n) is 6.42. The predicted molar refractivity (Wildman–Crippen MR) is 86.8 cm³/mol. The molecular formula is C13H23N5O7S. The topological polar surface area (TPSA) is 141 Å². The standard InChI is InChI=1S/C13H23N5O7S/c19-12(15-24-8-7-16-5-3-14-4-6-16)11-2-1-10-9-17(11)13(20)18(10)25-26(21,22)23/h10-11,14H,1-9H2,(H,15,19)(H,21,22,23)/t10?,11-/m0/s1. The first kappa shape index (κ1) is 19.3. The molecule has 3 N–H and O–H groups in total. The average molecular weight is 393 g/mol. The number of rotatable bonds is 7. The molecule has 0 aromatic heterocycles. The zero-order chi connectivity index (χ0) is 18.7. The number of carbonyl (C=O) groups is 2. The fourth-order valence-corrected chi connectivity index (χ4v) is 3.79. The molecule has 3 amide bonds. The monoisotopic (exact) mass is 393 g/mol. The van der Waals surface area contributed by atoms with Gasteiger partial charge in [-0.3, -0.25) is 19.1 Å². The van der Waals surface area contributed by atoms with Crippen molar-refractivity contribution in [2.75, 3.05) is 45.9 Å². The van der Waals surface area contributed by atoms with Crippen LogP contribution in [0.25, 0.3) is 0 Å². The van der Waals surface area contributed by atoms with E-state index in [1.165, 1.54) is 4.90 Å². The van der Waals surface area contributed by atoms with Crippen LogP contribution in [-0.2, 0) is 24.3 Å². The molecule has 2 atom stereocenters. The van der Waals surface area contributed by atoms with Gasteiger partial charge in [-0.25, -0.2) is 10.3 Å². The predicted octanol–water partition coefficient (Wildman–Crippen LogP) is -2.06. The first-order valence-electron chi connectivity index (χ1n) is 8.47. The summed E-state index contributed by atoms with van der Waals surface area (Å²) in [5, 5.41) is 3.85. The van der Waals surface area contributed by atoms with E-state index in [-0.39, 0.29) is 6.54 Å². The molecule has 12 nitrogen and oxygen atoms in total. The summed E-state index contributed by atoms with van der Waals surface area (Å²) in [6.07, 6.45) is 0.714. The van der Waals surface area contributed by atoms with E-state index in [0.29, 0.717) is 31.1 Å². The number of piperidine rings is 1. The van der Waals surface area contributed by atoms with Gasteiger partial charge < -0.3 is 10.2 Å². The maximum atomic E-state index is 12.3. The summed E-state index contributed by atoms with van der Waals surface area (Å²) < 4.78 is 34.8. The zero-order valence-electron chi connectivity index (χ0n) is 14.2. The lowest BCUT2D eigenvalue weighted by Crippen LogP contribution is -2.50. The molecule has 3 saturated heterocycles. The van der Waals surface area contributed by atoms with Gasteiger partial charge in [0.15, 0.2) is 0 Å². The lowest BCUT2D eigenvalue weighted by molar-refractivity contribution is -0.139. The number of hydrogen-bond acceptors (Lipinski definition) is 8. The van der Waals surface area contributed by atoms with E-state index in [9.17, 15) is 18.0 Å². The van der Waals surface area contributed by atoms with Crippen LogP contribution >= 0.6 is 0 Å². The molecule has 0 radical (unpaired) electrons. The van der Waals surface area contributed by atoms with Crippen molar-refractivity contribution < 1.29 is 31.7 Å². The maximum Gasteiger partial charge on any atom is 0.418 e. The molecular weight excluding hydrogens is 370 g/mol. The summed E-state index contributed by atoms with van der Waals surface area (Å²) >= 11 is 0. The number of fused-ring (bicyclic) bond motifs is 2. The van der Waals surface area contributed by atoms with E-state index in [4.69, 9.17) is 9.39 Å². The third-order valence-corrected chi connectivity index (χ3v) is 5.04. The molecule has 0 aromatic carbocycles. The Balaban J connectivity index is 1.46. The Hall–Kier alpha value is -1.51. The van der Waals surface area contributed by atoms with Crippen molar-refractivity contribution in [2.24, 2.45) is 0 Å². The Morgan fingerprint density at radius 2 is 2.04 bits per heavy atom. The highest BCUT2D eigenvalue weighted by Crippen LogP contribution is 2.30. The molecule has 3 fully saturated rings. The quantitative estimate of drug-likeness (QED) is 0.253. The van der Waals surface area contributed by atoms with Crippen LogP contribution in [0.15, 0.2) is 0 Å². The number of hydroxylamine groups is 3. The average Bonchev–Trinajstić information content (AvgIpc) is 2.83. The van der Waals surface area contributed by atoms with Gasteiger partial charge >= 0.3 is 16.4 Å². The minimum Gasteiger partial charge on any atom is -0.314 e. The Morgan fingerprint density at radius 1 is 1.31 bits per heavy atom. The Labute approximate surface area is 151 Å². The van der Waals surface area contributed by atoms with E-state index in [1.807, 2.05) is 0 Å². The van der Waals surface area contributed by atoms with Crippen LogP contribution in [0.3, 0.4) is 0 Å². The molecule has 0 aliphatic carbocycles. The van der Waals surface area contributed by atoms with Crippen molar-refractivity contribution in [3.63, 3.8) is 0 Å². The van der Waals surface area contributed by atoms with Crippen LogP contribution in [0.1, 0.15) is 12.8 Å². The Bertz CT molecular complexity index is 639. The minimum absolute atomic E-state index is 0.146. The third kappa shape index (κ3) is 4.61. The summed E-state index contributed by atoms with van der Waals surface area (Å²) in [5.41, 5.74) is 2.36. The molecule has 3 heterocycles. The first-order valence-corrected chi connectivity index (χ1v) is 9.83. The normalized spacial score (nSPS) is 27.0. The number of carbonyl (C=O) groups excluding carboxylic acids is 2. The SMILES string of the molecule is O=C(NOCCN1CCNCC1)[C@@H]1CCC2CN1C(=O)N2OS(=O)(=O)O. The fraction of sp³-hybridized carbons (Fsp3) is 0.846. The highest BCUT2D eigenvalue weighted by atomic mass is 32.3. The van der Waals surface area contributed by atoms with Crippen LogP contribution in [-0.4, -0.2) is 97.7 Å². The molecule has 1 unspecified atom stereocenters. The minimum atomic E-state index is -4.80. The van der Waals surface area contributed by atoms with Gasteiger partial charge in [-0.05, 0) is 12.8 Å². The summed E-state index contributed by atoms with van der Waals surface area (Å²) in [7, 11) is -4.80. The molecule has 3 aliphatic heterocycles. The van der Waals surface area contributed by atoms with Crippen LogP contribution in [0, 0.1) is 0 Å². The molecule has 26 heavy (non-hydrogen) atoms. The van der Waals surface area contributed by atoms with Crippen molar-refractivity contribution in [3.05, 3.63) is 0 Å². The van der Waals surface area contributed by atoms with Crippen molar-refractivity contribution in [2.45, 2.75) is 24.9 Å². The molecule has 2 bridgehead atoms. The molecule has 148 valence electrons. The van der Waals surface area contributed by atoms with E-state index in [1.54, 1.807) is 0 Å². The van der Waals surface area contributed by atoms with Gasteiger partial charge in [-0.15, -0.1) is 4.28 Å². The van der Waals surface area contributed by atoms with Gasteiger partial charge in [0.25, 0.3) is 5.91 Å². The summed E-state index contributed by atoms with van der Waals surface area (Å²) in [6.45, 7) is 4.86. The molecule has 3 aliphatic rings. The zero-order valence-corrected chi connectivity index (χ0v) is 15.0. The van der Waals surface area contributed by atoms with Gasteiger partial charge in [-0.2, -0.15) is 13.5 Å². The van der Waals surface area contributed by atoms with E-state index in [2.05, 4.69) is 20.0 Å². The highest BCUT2D eigenvalue weighted by molar-refractivity contribution is 7.80. The number of hydrogen-bond donors (Lipinski definition) is 3. The second-order valence-corrected chi connectivity index (χ2v) is 7.42. The highest BCUT2D eigenvalue weighted by Gasteiger charge is 2.49. The maximum absolute atomic E-state index is 12.3. The number of nitrogens with zero attached hydrogens (tertiary/aromatic N) is 3. The summed E-state index contributed by atoms with van der Waals surface area (Å²) in [5.74, 6) is -0.467. The van der Waals surface area contributed by atoms with Crippen molar-refractivity contribution in [1.82, 2.24) is 25.7 Å². The van der Waals surface area contributed by atoms with Crippen LogP contribution in [0.4, 0.5) is 4.79 Å². The van der Waals surface area contributed by atoms with Gasteiger partial charge in [0.2, 0.25) is 0 Å². The molecule has 3 rings (SSSR count). The van der Waals surface area contributed by atoms with Crippen molar-refractivity contribution in [1.29, 1.82) is 0 Å². The van der Waals surface area contributed by atoms with Crippen molar-refractivity contribution in [3.8, 4) is 0 Å². The van der Waals surface area contributed by atoms with E-state index >= 15 is 0 Å². The Kier molecular flexibility index (Phi) is 5.94. The van der Waals surface area contributed by atoms with Gasteiger partial charge in [-0.1, -0.05) is 0 Å². The lowest BCUT2D eigenvalue weighted by atomic mass is 10.0. The molecule has 0 spiro atoms. The summed E-state index contributed by atoms with van der Waals surface area (Å²) in [4.78, 5) is 33.2. The number of piperazine rings is 1. The summed E-state index contributed by atoms with van der Waals surface area (Å²) in [6, 6.07) is -2.07. The third-order valence-electron chi connectivity index (χ3n) is 4.69. The molecule has 0 saturated carbocycles. The van der Waals surface area contributed by atoms with Gasteiger partial charge in [0, 0.05) is 39.3 Å². The number of urea groups is 1. The smallest absolute Gasteiger partial charge is 0.314 e. The molecule has 0 aromatic rings. The number of amides is 3. The van der Waals surface area contributed by atoms with Crippen molar-refractivity contribution >= 4 is 22.3 Å². The second kappa shape index (κ2) is 8.02. The van der Waals surface area contributed by atoms with E-state index < -0.39 is 34.4 Å². The van der Waals surface area contributed by atoms with Gasteiger partial charge in [0.1, 0.15) is 6.04 Å². The first-order chi connectivity index (χ1) is 12.3.